The van der Waals surface area contributed by atoms with Gasteiger partial charge in [-0.2, -0.15) is 0 Å². The zero-order valence-electron chi connectivity index (χ0n) is 36.3. The molecule has 0 radical (unpaired) electrons. The van der Waals surface area contributed by atoms with Crippen LogP contribution >= 0.6 is 11.6 Å². The fourth-order valence-corrected chi connectivity index (χ4v) is 15.6. The average Bonchev–Trinajstić information content (AvgIpc) is 3.78. The van der Waals surface area contributed by atoms with Gasteiger partial charge in [-0.25, -0.2) is 13.5 Å². The highest BCUT2D eigenvalue weighted by atomic mass is 35.5. The first-order valence-corrected chi connectivity index (χ1v) is 23.9. The molecule has 2 amide bonds. The van der Waals surface area contributed by atoms with Crippen molar-refractivity contribution >= 4 is 48.1 Å². The number of hydrogen-bond acceptors (Lipinski definition) is 8. The van der Waals surface area contributed by atoms with Gasteiger partial charge >= 0.3 is 5.97 Å². The second kappa shape index (κ2) is 16.8. The molecule has 2 aliphatic carbocycles. The fourth-order valence-electron chi connectivity index (χ4n) is 10.6. The number of amides is 2. The Hall–Kier alpha value is -4.66. The summed E-state index contributed by atoms with van der Waals surface area (Å²) in [5.74, 6) is -1.13. The lowest BCUT2D eigenvalue weighted by atomic mass is 9.65. The van der Waals surface area contributed by atoms with Gasteiger partial charge in [0.2, 0.25) is 11.8 Å². The SMILES string of the molecule is COC(=O)[C@@]1(C)C[C@@H](O[Si](c2ccccc2)(c2ccccc2)C(C)(C)C)CC[C@H]1C(=O)N1CCc2c(Cl)ccc(OCc3nnn(C)c3C(F)F)c2[C@H]1CN1CC2(CC2)CC1=O. The molecule has 1 saturated heterocycles. The van der Waals surface area contributed by atoms with Crippen molar-refractivity contribution in [2.75, 3.05) is 26.7 Å². The lowest BCUT2D eigenvalue weighted by Gasteiger charge is -2.50. The van der Waals surface area contributed by atoms with Gasteiger partial charge in [0.1, 0.15) is 23.7 Å². The molecule has 0 N–H and O–H groups in total. The number of likely N-dealkylation sites (tertiary alicyclic amines) is 1. The van der Waals surface area contributed by atoms with E-state index < -0.39 is 38.1 Å². The number of carbonyl (C=O) groups is 3. The molecule has 3 aromatic carbocycles. The number of aromatic nitrogens is 3. The van der Waals surface area contributed by atoms with Gasteiger partial charge in [-0.1, -0.05) is 98.2 Å². The number of ether oxygens (including phenoxy) is 2. The number of aryl methyl sites for hydroxylation is 1. The van der Waals surface area contributed by atoms with Crippen molar-refractivity contribution in [3.8, 4) is 5.75 Å². The van der Waals surface area contributed by atoms with Gasteiger partial charge < -0.3 is 23.7 Å². The summed E-state index contributed by atoms with van der Waals surface area (Å²) in [5.41, 5.74) is -0.289. The minimum absolute atomic E-state index is 0.0113. The minimum Gasteiger partial charge on any atom is -0.487 e. The quantitative estimate of drug-likeness (QED) is 0.107. The normalized spacial score (nSPS) is 23.5. The Morgan fingerprint density at radius 2 is 1.66 bits per heavy atom. The van der Waals surface area contributed by atoms with Crippen LogP contribution in [0.25, 0.3) is 0 Å². The molecule has 8 rings (SSSR count). The number of nitrogens with zero attached hydrogens (tertiary/aromatic N) is 5. The van der Waals surface area contributed by atoms with Crippen molar-refractivity contribution < 1.29 is 37.1 Å². The van der Waals surface area contributed by atoms with Gasteiger partial charge in [-0.15, -0.1) is 5.10 Å². The average molecular weight is 889 g/mol. The highest BCUT2D eigenvalue weighted by Gasteiger charge is 2.58. The van der Waals surface area contributed by atoms with Crippen LogP contribution in [0, 0.1) is 16.7 Å². The Labute approximate surface area is 368 Å². The molecule has 0 bridgehead atoms. The van der Waals surface area contributed by atoms with Crippen molar-refractivity contribution in [1.29, 1.82) is 0 Å². The molecule has 1 aromatic heterocycles. The first-order valence-electron chi connectivity index (χ1n) is 21.6. The van der Waals surface area contributed by atoms with Crippen LogP contribution < -0.4 is 15.1 Å². The monoisotopic (exact) mass is 887 g/mol. The zero-order chi connectivity index (χ0) is 44.2. The third kappa shape index (κ3) is 7.84. The topological polar surface area (TPSA) is 116 Å². The molecule has 330 valence electrons. The van der Waals surface area contributed by atoms with E-state index in [1.807, 2.05) is 48.2 Å². The first-order chi connectivity index (χ1) is 29.5. The number of halogens is 3. The van der Waals surface area contributed by atoms with Crippen LogP contribution in [0.1, 0.15) is 101 Å². The molecule has 11 nitrogen and oxygen atoms in total. The number of esters is 1. The fraction of sp³-hybridized carbons (Fsp3) is 0.511. The maximum absolute atomic E-state index is 15.5. The summed E-state index contributed by atoms with van der Waals surface area (Å²) < 4.78 is 48.5. The van der Waals surface area contributed by atoms with Crippen molar-refractivity contribution in [1.82, 2.24) is 24.8 Å². The Morgan fingerprint density at radius 3 is 2.24 bits per heavy atom. The zero-order valence-corrected chi connectivity index (χ0v) is 38.1. The maximum Gasteiger partial charge on any atom is 0.312 e. The number of hydrogen-bond donors (Lipinski definition) is 0. The molecule has 1 spiro atoms. The van der Waals surface area contributed by atoms with E-state index in [9.17, 15) is 18.4 Å². The second-order valence-electron chi connectivity index (χ2n) is 19.0. The number of benzene rings is 3. The molecule has 3 fully saturated rings. The molecular formula is C47H56ClF2N5O6Si. The van der Waals surface area contributed by atoms with E-state index in [-0.39, 0.29) is 65.9 Å². The van der Waals surface area contributed by atoms with Crippen LogP contribution in [0.2, 0.25) is 10.1 Å². The number of fused-ring (bicyclic) bond motifs is 1. The van der Waals surface area contributed by atoms with Gasteiger partial charge in [-0.3, -0.25) is 14.4 Å². The van der Waals surface area contributed by atoms with Gasteiger partial charge in [0.15, 0.2) is 0 Å². The van der Waals surface area contributed by atoms with Crippen LogP contribution in [-0.2, 0) is 43.6 Å². The van der Waals surface area contributed by atoms with E-state index in [0.29, 0.717) is 48.6 Å². The summed E-state index contributed by atoms with van der Waals surface area (Å²) in [5, 5.41) is 10.2. The van der Waals surface area contributed by atoms with Crippen molar-refractivity contribution in [2.24, 2.45) is 23.8 Å². The lowest BCUT2D eigenvalue weighted by molar-refractivity contribution is -0.168. The van der Waals surface area contributed by atoms with Gasteiger partial charge in [-0.05, 0) is 84.0 Å². The number of rotatable bonds is 12. The highest BCUT2D eigenvalue weighted by Crippen LogP contribution is 2.54. The molecule has 62 heavy (non-hydrogen) atoms. The predicted octanol–water partition coefficient (Wildman–Crippen LogP) is 7.35. The summed E-state index contributed by atoms with van der Waals surface area (Å²) >= 11 is 6.90. The van der Waals surface area contributed by atoms with Crippen LogP contribution in [-0.4, -0.2) is 83.7 Å². The Morgan fingerprint density at radius 1 is 1.00 bits per heavy atom. The smallest absolute Gasteiger partial charge is 0.312 e. The summed E-state index contributed by atoms with van der Waals surface area (Å²) in [6.07, 6.45) is 0.727. The molecule has 4 aromatic rings. The number of carbonyl (C=O) groups excluding carboxylic acids is 3. The number of alkyl halides is 2. The van der Waals surface area contributed by atoms with E-state index in [4.69, 9.17) is 25.5 Å². The molecule has 3 heterocycles. The van der Waals surface area contributed by atoms with E-state index in [1.165, 1.54) is 14.2 Å². The Balaban J connectivity index is 1.15. The van der Waals surface area contributed by atoms with Crippen LogP contribution in [0.5, 0.6) is 5.75 Å². The standard InChI is InChI=1S/C47H56ClF2N5O6Si/c1-45(2,3)62(31-13-9-7-10-14-31,32-15-11-8-12-16-32)61-30-17-18-34(46(4,25-30)44(58)59-6)43(57)55-24-21-33-35(48)19-20-38(60-28-36-41(42(49)50)53(5)52-51-36)40(33)37(55)27-54-29-47(22-23-47)26-39(54)56/h7-16,19-20,30,34,37,42H,17-18,21-29H2,1-6H3/t30-,34-,37+,46-/m0/s1. The molecule has 0 unspecified atom stereocenters. The maximum atomic E-state index is 15.5. The predicted molar refractivity (Wildman–Crippen MR) is 233 cm³/mol. The van der Waals surface area contributed by atoms with Gasteiger partial charge in [0, 0.05) is 49.8 Å². The highest BCUT2D eigenvalue weighted by molar-refractivity contribution is 6.99. The van der Waals surface area contributed by atoms with E-state index in [1.54, 1.807) is 17.0 Å². The molecule has 2 saturated carbocycles. The van der Waals surface area contributed by atoms with Crippen molar-refractivity contribution in [2.45, 2.75) is 103 Å². The molecule has 2 aliphatic heterocycles. The van der Waals surface area contributed by atoms with Crippen molar-refractivity contribution in [3.05, 3.63) is 100 Å². The summed E-state index contributed by atoms with van der Waals surface area (Å²) in [7, 11) is -0.267. The molecule has 4 aliphatic rings. The van der Waals surface area contributed by atoms with Crippen LogP contribution in [0.15, 0.2) is 72.8 Å². The van der Waals surface area contributed by atoms with Crippen LogP contribution in [0.3, 0.4) is 0 Å². The van der Waals surface area contributed by atoms with Crippen molar-refractivity contribution in [3.63, 3.8) is 0 Å². The van der Waals surface area contributed by atoms with Crippen LogP contribution in [0.4, 0.5) is 8.78 Å². The molecule has 4 atom stereocenters. The van der Waals surface area contributed by atoms with E-state index >= 15 is 4.79 Å². The first kappa shape index (κ1) is 44.0. The molecule has 15 heteroatoms. The second-order valence-corrected chi connectivity index (χ2v) is 23.6. The number of methoxy groups -OCH3 is 1. The largest absolute Gasteiger partial charge is 0.487 e. The van der Waals surface area contributed by atoms with Gasteiger partial charge in [0.25, 0.3) is 14.7 Å². The summed E-state index contributed by atoms with van der Waals surface area (Å²) in [6.45, 7) is 9.22. The Bertz CT molecular complexity index is 2280. The summed E-state index contributed by atoms with van der Waals surface area (Å²) in [6, 6.07) is 23.4. The minimum atomic E-state index is -3.03. The lowest BCUT2D eigenvalue weighted by Crippen LogP contribution is -2.68. The molecular weight excluding hydrogens is 832 g/mol. The third-order valence-corrected chi connectivity index (χ3v) is 19.5. The Kier molecular flexibility index (Phi) is 11.9. The van der Waals surface area contributed by atoms with E-state index in [2.05, 4.69) is 55.3 Å². The third-order valence-electron chi connectivity index (χ3n) is 14.0. The van der Waals surface area contributed by atoms with E-state index in [0.717, 1.165) is 33.5 Å². The summed E-state index contributed by atoms with van der Waals surface area (Å²) in [4.78, 5) is 47.0. The van der Waals surface area contributed by atoms with Gasteiger partial charge in [0.05, 0.1) is 24.5 Å².